The van der Waals surface area contributed by atoms with Crippen LogP contribution in [-0.2, 0) is 16.6 Å². The van der Waals surface area contributed by atoms with Crippen molar-refractivity contribution in [2.24, 2.45) is 0 Å². The Morgan fingerprint density at radius 2 is 1.83 bits per heavy atom. The van der Waals surface area contributed by atoms with Crippen LogP contribution >= 0.6 is 0 Å². The highest BCUT2D eigenvalue weighted by atomic mass is 16.4. The molecule has 0 aliphatic heterocycles. The third-order valence-electron chi connectivity index (χ3n) is 3.79. The summed E-state index contributed by atoms with van der Waals surface area (Å²) in [5.41, 5.74) is 1.00. The summed E-state index contributed by atoms with van der Waals surface area (Å²) in [7, 11) is 0. The van der Waals surface area contributed by atoms with Crippen molar-refractivity contribution in [2.75, 3.05) is 0 Å². The van der Waals surface area contributed by atoms with Gasteiger partial charge >= 0.3 is 5.97 Å². The van der Waals surface area contributed by atoms with Crippen molar-refractivity contribution in [1.82, 2.24) is 5.32 Å². The summed E-state index contributed by atoms with van der Waals surface area (Å²) in [5.74, 6) is -0.319. The molecule has 1 aromatic carbocycles. The first kappa shape index (κ1) is 17.8. The second-order valence-electron chi connectivity index (χ2n) is 6.88. The third-order valence-corrected chi connectivity index (χ3v) is 3.79. The number of amides is 1. The smallest absolute Gasteiger partial charge is 0.326 e. The monoisotopic (exact) mass is 329 g/mol. The number of hydrogen-bond acceptors (Lipinski definition) is 3. The highest BCUT2D eigenvalue weighted by molar-refractivity contribution is 5.97. The second-order valence-corrected chi connectivity index (χ2v) is 6.88. The quantitative estimate of drug-likeness (QED) is 0.882. The predicted molar refractivity (Wildman–Crippen MR) is 91.2 cm³/mol. The lowest BCUT2D eigenvalue weighted by molar-refractivity contribution is -0.139. The molecule has 0 aliphatic carbocycles. The summed E-state index contributed by atoms with van der Waals surface area (Å²) >= 11 is 0. The van der Waals surface area contributed by atoms with Crippen molar-refractivity contribution >= 4 is 11.9 Å². The zero-order chi connectivity index (χ0) is 17.9. The highest BCUT2D eigenvalue weighted by Gasteiger charge is 2.26. The van der Waals surface area contributed by atoms with Crippen molar-refractivity contribution in [3.05, 3.63) is 59.0 Å². The fourth-order valence-electron chi connectivity index (χ4n) is 2.36. The van der Waals surface area contributed by atoms with Gasteiger partial charge in [0, 0.05) is 11.8 Å². The number of carbonyl (C=O) groups excluding carboxylic acids is 1. The summed E-state index contributed by atoms with van der Waals surface area (Å²) in [6, 6.07) is 9.91. The Hall–Kier alpha value is -2.56. The maximum absolute atomic E-state index is 12.5. The zero-order valence-electron chi connectivity index (χ0n) is 14.4. The topological polar surface area (TPSA) is 79.5 Å². The van der Waals surface area contributed by atoms with E-state index in [-0.39, 0.29) is 11.8 Å². The van der Waals surface area contributed by atoms with Crippen molar-refractivity contribution in [3.8, 4) is 0 Å². The number of carboxylic acid groups (broad SMARTS) is 1. The van der Waals surface area contributed by atoms with E-state index in [9.17, 15) is 14.7 Å². The fourth-order valence-corrected chi connectivity index (χ4v) is 2.36. The van der Waals surface area contributed by atoms with Gasteiger partial charge in [-0.1, -0.05) is 51.1 Å². The van der Waals surface area contributed by atoms with Gasteiger partial charge in [0.1, 0.15) is 17.6 Å². The molecule has 1 heterocycles. The van der Waals surface area contributed by atoms with Crippen LogP contribution in [0.25, 0.3) is 0 Å². The number of hydrogen-bond donors (Lipinski definition) is 2. The largest absolute Gasteiger partial charge is 0.480 e. The molecule has 1 unspecified atom stereocenters. The minimum atomic E-state index is -1.07. The normalized spacial score (nSPS) is 12.7. The van der Waals surface area contributed by atoms with Gasteiger partial charge in [-0.3, -0.25) is 4.79 Å². The van der Waals surface area contributed by atoms with E-state index in [1.165, 1.54) is 0 Å². The molecule has 2 aromatic rings. The summed E-state index contributed by atoms with van der Waals surface area (Å²) in [6.07, 6.45) is 0.227. The third kappa shape index (κ3) is 4.25. The lowest BCUT2D eigenvalue weighted by Crippen LogP contribution is -2.42. The first-order valence-electron chi connectivity index (χ1n) is 7.87. The number of carboxylic acids is 1. The molecule has 0 radical (unpaired) electrons. The van der Waals surface area contributed by atoms with E-state index in [1.54, 1.807) is 13.0 Å². The van der Waals surface area contributed by atoms with E-state index >= 15 is 0 Å². The number of carbonyl (C=O) groups is 2. The number of furan rings is 1. The Balaban J connectivity index is 2.17. The van der Waals surface area contributed by atoms with Gasteiger partial charge in [-0.2, -0.15) is 0 Å². The van der Waals surface area contributed by atoms with Crippen LogP contribution in [0, 0.1) is 6.92 Å². The van der Waals surface area contributed by atoms with Crippen LogP contribution in [0.1, 0.15) is 48.2 Å². The highest BCUT2D eigenvalue weighted by Crippen LogP contribution is 2.27. The van der Waals surface area contributed by atoms with Gasteiger partial charge in [-0.15, -0.1) is 0 Å². The second kappa shape index (κ2) is 6.91. The van der Waals surface area contributed by atoms with E-state index in [0.717, 1.165) is 5.56 Å². The van der Waals surface area contributed by atoms with Gasteiger partial charge in [0.05, 0.1) is 5.56 Å². The number of aryl methyl sites for hydroxylation is 1. The Morgan fingerprint density at radius 3 is 2.33 bits per heavy atom. The molecular formula is C19H23NO4. The van der Waals surface area contributed by atoms with Gasteiger partial charge in [0.15, 0.2) is 0 Å². The Labute approximate surface area is 141 Å². The lowest BCUT2D eigenvalue weighted by Gasteiger charge is -2.14. The lowest BCUT2D eigenvalue weighted by atomic mass is 9.93. The molecule has 2 N–H and O–H groups in total. The zero-order valence-corrected chi connectivity index (χ0v) is 14.4. The maximum Gasteiger partial charge on any atom is 0.326 e. The van der Waals surface area contributed by atoms with Crippen molar-refractivity contribution in [1.29, 1.82) is 0 Å². The molecular weight excluding hydrogens is 306 g/mol. The molecule has 0 fully saturated rings. The minimum absolute atomic E-state index is 0.223. The molecule has 1 amide bonds. The standard InChI is InChI=1S/C19H23NO4/c1-12-14(11-16(24-12)19(2,3)4)17(21)20-15(18(22)23)10-13-8-6-5-7-9-13/h5-9,11,15H,10H2,1-4H3,(H,20,21)(H,22,23). The average Bonchev–Trinajstić information content (AvgIpc) is 2.89. The summed E-state index contributed by atoms with van der Waals surface area (Å²) in [5, 5.41) is 12.0. The number of nitrogens with one attached hydrogen (secondary N) is 1. The number of aliphatic carboxylic acids is 1. The van der Waals surface area contributed by atoms with Crippen LogP contribution < -0.4 is 5.32 Å². The molecule has 0 aliphatic rings. The van der Waals surface area contributed by atoms with Crippen molar-refractivity contribution in [2.45, 2.75) is 45.6 Å². The van der Waals surface area contributed by atoms with Crippen LogP contribution in [0.5, 0.6) is 0 Å². The van der Waals surface area contributed by atoms with E-state index in [0.29, 0.717) is 17.1 Å². The molecule has 0 bridgehead atoms. The van der Waals surface area contributed by atoms with Crippen LogP contribution in [0.3, 0.4) is 0 Å². The van der Waals surface area contributed by atoms with E-state index in [1.807, 2.05) is 51.1 Å². The number of benzene rings is 1. The maximum atomic E-state index is 12.5. The van der Waals surface area contributed by atoms with Crippen LogP contribution in [0.15, 0.2) is 40.8 Å². The molecule has 0 saturated heterocycles. The Bertz CT molecular complexity index is 726. The molecule has 2 rings (SSSR count). The van der Waals surface area contributed by atoms with Gasteiger partial charge < -0.3 is 14.8 Å². The molecule has 0 saturated carbocycles. The molecule has 128 valence electrons. The first-order valence-corrected chi connectivity index (χ1v) is 7.87. The SMILES string of the molecule is Cc1oc(C(C)(C)C)cc1C(=O)NC(Cc1ccccc1)C(=O)O. The van der Waals surface area contributed by atoms with E-state index in [4.69, 9.17) is 4.42 Å². The van der Waals surface area contributed by atoms with Gasteiger partial charge in [0.2, 0.25) is 0 Å². The molecule has 5 nitrogen and oxygen atoms in total. The van der Waals surface area contributed by atoms with Crippen LogP contribution in [0.4, 0.5) is 0 Å². The van der Waals surface area contributed by atoms with Gasteiger partial charge in [-0.25, -0.2) is 4.79 Å². The molecule has 1 atom stereocenters. The fraction of sp³-hybridized carbons (Fsp3) is 0.368. The molecule has 24 heavy (non-hydrogen) atoms. The average molecular weight is 329 g/mol. The van der Waals surface area contributed by atoms with E-state index in [2.05, 4.69) is 5.32 Å². The van der Waals surface area contributed by atoms with Gasteiger partial charge in [-0.05, 0) is 18.6 Å². The summed E-state index contributed by atoms with van der Waals surface area (Å²) in [6.45, 7) is 7.67. The van der Waals surface area contributed by atoms with Crippen LogP contribution in [0.2, 0.25) is 0 Å². The number of rotatable bonds is 5. The van der Waals surface area contributed by atoms with Crippen molar-refractivity contribution < 1.29 is 19.1 Å². The molecule has 1 aromatic heterocycles. The predicted octanol–water partition coefficient (Wildman–Crippen LogP) is 3.31. The Kier molecular flexibility index (Phi) is 5.12. The molecule has 0 spiro atoms. The van der Waals surface area contributed by atoms with Gasteiger partial charge in [0.25, 0.3) is 5.91 Å². The van der Waals surface area contributed by atoms with E-state index < -0.39 is 17.9 Å². The summed E-state index contributed by atoms with van der Waals surface area (Å²) < 4.78 is 5.65. The Morgan fingerprint density at radius 1 is 1.21 bits per heavy atom. The minimum Gasteiger partial charge on any atom is -0.480 e. The van der Waals surface area contributed by atoms with Crippen molar-refractivity contribution in [3.63, 3.8) is 0 Å². The first-order chi connectivity index (χ1) is 11.2. The molecule has 5 heteroatoms. The van der Waals surface area contributed by atoms with Crippen LogP contribution in [-0.4, -0.2) is 23.0 Å². The summed E-state index contributed by atoms with van der Waals surface area (Å²) in [4.78, 5) is 24.0.